The summed E-state index contributed by atoms with van der Waals surface area (Å²) in [6.07, 6.45) is 0.418. The summed E-state index contributed by atoms with van der Waals surface area (Å²) < 4.78 is 3.00. The van der Waals surface area contributed by atoms with E-state index in [0.717, 1.165) is 10.9 Å². The molecule has 0 bridgehead atoms. The predicted octanol–water partition coefficient (Wildman–Crippen LogP) is 19.3. The summed E-state index contributed by atoms with van der Waals surface area (Å²) in [6.45, 7) is 0. The van der Waals surface area contributed by atoms with Crippen LogP contribution in [0.3, 0.4) is 0 Å². The lowest BCUT2D eigenvalue weighted by Gasteiger charge is -2.41. The first kappa shape index (κ1) is 27.3. The number of hydrogen-bond acceptors (Lipinski definition) is 1. The number of carbonyl (C=O) groups is 1. The largest absolute Gasteiger partial charge is 0.324 e. The SMILES string of the molecule is O=C(CC12c3c4c5c1c1c6c7c5c5c8c4c4c9c3c3c%10c9c9c%11c4c8c4c8c5c7c5c7c6c6c%12c%13c7c7c5c8c5c4c%11c4c9c8c9c%11c4c5c7c%11c%13c4c9c(c8%10)c5c(c4%12)c(c16)n2c35)c1ccc2ccccc2c1. The van der Waals surface area contributed by atoms with Gasteiger partial charge in [-0.1, -0.05) is 36.4 Å². The summed E-state index contributed by atoms with van der Waals surface area (Å²) in [5.41, 5.74) is 6.04. The van der Waals surface area contributed by atoms with Crippen LogP contribution in [0.25, 0.3) is 313 Å². The normalized spacial score (nSPS) is 17.8. The van der Waals surface area contributed by atoms with Crippen molar-refractivity contribution in [3.8, 4) is 0 Å². The second kappa shape index (κ2) is 6.34. The maximum absolute atomic E-state index is 16.4. The number of benzene rings is 20. The highest BCUT2D eigenvalue weighted by atomic mass is 16.1. The molecular formula is C71H9NO. The molecule has 0 atom stereocenters. The zero-order valence-corrected chi connectivity index (χ0v) is 37.1. The van der Waals surface area contributed by atoms with Gasteiger partial charge in [0.2, 0.25) is 0 Å². The number of carbonyl (C=O) groups excluding carboxylic acids is 1. The number of rotatable bonds is 3. The standard InChI is InChI=1S/C71H9NO/c73-12(11-6-5-9-3-1-2-4-10(9)7-11)8-71-67-59-51-41-31-23-15-13-14-17-21-19(15)27-35(31)45(51)53-47-37(27)29(21)39-33-25(17)26-18(14)22-20-16(13)24(23)32-36-28(20)38-30(22)40-34(26)44-43(33)57-49(39)55(47)63(61(53)67)69-65(57)66-58(44)50(40)56-48(38)54-46(36)52(42(32)41)60(59)68(71)62(54)64(56)70(66)72(69)71/h1-7H,8H2. The van der Waals surface area contributed by atoms with Gasteiger partial charge in [0.1, 0.15) is 5.54 Å². The third-order valence-electron chi connectivity index (χ3n) is 25.3. The monoisotopic (exact) mass is 891 g/mol. The molecule has 2 aliphatic heterocycles. The van der Waals surface area contributed by atoms with Crippen LogP contribution in [0, 0.1) is 0 Å². The van der Waals surface area contributed by atoms with E-state index in [2.05, 4.69) is 47.0 Å². The average Bonchev–Trinajstić information content (AvgIpc) is 4.31. The molecular weight excluding hydrogens is 883 g/mol. The van der Waals surface area contributed by atoms with Crippen molar-refractivity contribution < 1.29 is 4.79 Å². The Morgan fingerprint density at radius 3 is 0.808 bits per heavy atom. The highest BCUT2D eigenvalue weighted by Crippen LogP contribution is 2.81. The fourth-order valence-electron chi connectivity index (χ4n) is 24.8. The minimum absolute atomic E-state index is 0.267. The topological polar surface area (TPSA) is 22.0 Å². The molecule has 0 fully saturated rings. The molecule has 2 nitrogen and oxygen atoms in total. The van der Waals surface area contributed by atoms with Gasteiger partial charge in [-0.05, 0) is 130 Å². The molecule has 0 saturated heterocycles. The van der Waals surface area contributed by atoms with Crippen LogP contribution in [-0.4, -0.2) is 10.4 Å². The number of nitrogens with zero attached hydrogens (tertiary/aromatic N) is 1. The molecule has 0 amide bonds. The molecule has 30 aromatic carbocycles. The van der Waals surface area contributed by atoms with Gasteiger partial charge in [0.25, 0.3) is 0 Å². The second-order valence-corrected chi connectivity index (χ2v) is 26.1. The van der Waals surface area contributed by atoms with Crippen molar-refractivity contribution in [1.82, 2.24) is 4.57 Å². The number of hydrogen-bond donors (Lipinski definition) is 0. The molecule has 0 radical (unpaired) electrons. The third-order valence-corrected chi connectivity index (χ3v) is 25.3. The molecule has 0 saturated carbocycles. The molecule has 3 heterocycles. The van der Waals surface area contributed by atoms with E-state index in [-0.39, 0.29) is 5.78 Å². The van der Waals surface area contributed by atoms with Gasteiger partial charge in [0.15, 0.2) is 5.78 Å². The van der Waals surface area contributed by atoms with Gasteiger partial charge < -0.3 is 4.57 Å². The number of aromatic nitrogens is 1. The Bertz CT molecular complexity index is 7320. The smallest absolute Gasteiger partial charge is 0.165 e. The maximum atomic E-state index is 16.4. The zero-order chi connectivity index (χ0) is 43.5. The third kappa shape index (κ3) is 1.55. The van der Waals surface area contributed by atoms with E-state index in [9.17, 15) is 0 Å². The summed E-state index contributed by atoms with van der Waals surface area (Å²) in [6, 6.07) is 15.2. The van der Waals surface area contributed by atoms with Gasteiger partial charge in [-0.25, -0.2) is 0 Å². The summed E-state index contributed by atoms with van der Waals surface area (Å²) in [5, 5.41) is 87.7. The van der Waals surface area contributed by atoms with Crippen LogP contribution in [0.4, 0.5) is 0 Å². The fraction of sp³-hybridized carbons (Fsp3) is 0.0282. The van der Waals surface area contributed by atoms with Gasteiger partial charge in [-0.2, -0.15) is 0 Å². The zero-order valence-electron chi connectivity index (χ0n) is 37.1. The van der Waals surface area contributed by atoms with Gasteiger partial charge in [0.05, 0.1) is 11.0 Å². The van der Waals surface area contributed by atoms with Crippen LogP contribution in [0.5, 0.6) is 0 Å². The van der Waals surface area contributed by atoms with E-state index in [0.29, 0.717) is 6.42 Å². The molecule has 0 unspecified atom stereocenters. The second-order valence-electron chi connectivity index (χ2n) is 26.1. The van der Waals surface area contributed by atoms with Crippen molar-refractivity contribution >= 4 is 318 Å². The van der Waals surface area contributed by atoms with Crippen LogP contribution < -0.4 is 0 Å². The Hall–Kier alpha value is -9.37. The lowest BCUT2D eigenvalue weighted by Crippen LogP contribution is -2.39. The summed E-state index contributed by atoms with van der Waals surface area (Å²) in [4.78, 5) is 16.4. The van der Waals surface area contributed by atoms with Crippen molar-refractivity contribution in [3.05, 3.63) is 59.2 Å². The molecule has 3 aliphatic rings. The Morgan fingerprint density at radius 2 is 0.507 bits per heavy atom. The van der Waals surface area contributed by atoms with Gasteiger partial charge in [-0.3, -0.25) is 4.79 Å². The minimum atomic E-state index is -0.714. The van der Waals surface area contributed by atoms with Gasteiger partial charge in [0, 0.05) is 201 Å². The highest BCUT2D eigenvalue weighted by Gasteiger charge is 2.59. The van der Waals surface area contributed by atoms with Crippen LogP contribution in [-0.2, 0) is 5.54 Å². The van der Waals surface area contributed by atoms with Crippen LogP contribution in [0.1, 0.15) is 27.9 Å². The van der Waals surface area contributed by atoms with E-state index in [1.54, 1.807) is 248 Å². The van der Waals surface area contributed by atoms with Crippen molar-refractivity contribution in [3.63, 3.8) is 0 Å². The van der Waals surface area contributed by atoms with E-state index >= 15 is 4.79 Å². The first-order valence-electron chi connectivity index (χ1n) is 26.9. The molecule has 2 heteroatoms. The first-order valence-corrected chi connectivity index (χ1v) is 26.9. The highest BCUT2D eigenvalue weighted by molar-refractivity contribution is 6.83. The number of ketones is 1. The van der Waals surface area contributed by atoms with Crippen molar-refractivity contribution in [2.75, 3.05) is 0 Å². The van der Waals surface area contributed by atoms with E-state index in [4.69, 9.17) is 0 Å². The first-order chi connectivity index (χ1) is 36.3. The average molecular weight is 892 g/mol. The Kier molecular flexibility index (Phi) is 2.37. The molecule has 73 heavy (non-hydrogen) atoms. The maximum Gasteiger partial charge on any atom is 0.165 e. The van der Waals surface area contributed by atoms with Crippen LogP contribution in [0.2, 0.25) is 0 Å². The lowest BCUT2D eigenvalue weighted by atomic mass is 9.73. The number of fused-ring (bicyclic) bond motifs is 1. The van der Waals surface area contributed by atoms with Crippen molar-refractivity contribution in [2.45, 2.75) is 12.0 Å². The fourth-order valence-corrected chi connectivity index (χ4v) is 24.8. The molecule has 1 aliphatic carbocycles. The van der Waals surface area contributed by atoms with Crippen molar-refractivity contribution in [2.24, 2.45) is 0 Å². The van der Waals surface area contributed by atoms with Gasteiger partial charge in [-0.15, -0.1) is 0 Å². The molecule has 31 aromatic rings. The van der Waals surface area contributed by atoms with Crippen LogP contribution >= 0.6 is 0 Å². The number of Topliss-reactive ketones (excluding diaryl/α,β-unsaturated/α-hetero) is 1. The molecule has 1 aromatic heterocycles. The minimum Gasteiger partial charge on any atom is -0.324 e. The van der Waals surface area contributed by atoms with E-state index < -0.39 is 5.54 Å². The quantitative estimate of drug-likeness (QED) is 0.128. The summed E-state index contributed by atoms with van der Waals surface area (Å²) in [7, 11) is 0. The Morgan fingerprint density at radius 1 is 0.274 bits per heavy atom. The molecule has 34 rings (SSSR count). The molecule has 304 valence electrons. The van der Waals surface area contributed by atoms with E-state index in [1.165, 1.54) is 70.6 Å². The molecule has 0 spiro atoms. The summed E-state index contributed by atoms with van der Waals surface area (Å²) >= 11 is 0. The predicted molar refractivity (Wildman–Crippen MR) is 308 cm³/mol. The van der Waals surface area contributed by atoms with Crippen LogP contribution in [0.15, 0.2) is 42.5 Å². The Balaban J connectivity index is 1.09. The Labute approximate surface area is 396 Å². The van der Waals surface area contributed by atoms with E-state index in [1.807, 2.05) is 0 Å². The van der Waals surface area contributed by atoms with Crippen molar-refractivity contribution in [1.29, 1.82) is 0 Å². The lowest BCUT2D eigenvalue weighted by molar-refractivity contribution is 0.0955. The van der Waals surface area contributed by atoms with Gasteiger partial charge >= 0.3 is 0 Å². The molecule has 0 N–H and O–H groups in total. The summed E-state index contributed by atoms with van der Waals surface area (Å²) in [5.74, 6) is 0.267.